The molecule has 160 valence electrons. The third-order valence-electron chi connectivity index (χ3n) is 5.02. The molecular formula is C22H28N4O4. The molecule has 8 nitrogen and oxygen atoms in total. The van der Waals surface area contributed by atoms with Crippen LogP contribution >= 0.6 is 0 Å². The Labute approximate surface area is 175 Å². The molecule has 0 aliphatic carbocycles. The van der Waals surface area contributed by atoms with Crippen molar-refractivity contribution in [3.05, 3.63) is 50.4 Å². The molecule has 3 rings (SSSR count). The monoisotopic (exact) mass is 412 g/mol. The third kappa shape index (κ3) is 3.65. The Morgan fingerprint density at radius 1 is 1.10 bits per heavy atom. The van der Waals surface area contributed by atoms with Crippen molar-refractivity contribution < 1.29 is 9.47 Å². The minimum Gasteiger partial charge on any atom is -0.493 e. The van der Waals surface area contributed by atoms with Crippen LogP contribution in [-0.2, 0) is 13.6 Å². The van der Waals surface area contributed by atoms with Gasteiger partial charge < -0.3 is 14.0 Å². The Hall–Kier alpha value is -3.29. The number of benzene rings is 1. The van der Waals surface area contributed by atoms with E-state index in [0.717, 1.165) is 12.0 Å². The molecule has 0 bridgehead atoms. The van der Waals surface area contributed by atoms with Crippen LogP contribution in [0.3, 0.4) is 0 Å². The van der Waals surface area contributed by atoms with Crippen LogP contribution in [0, 0.1) is 0 Å². The fourth-order valence-electron chi connectivity index (χ4n) is 3.51. The smallest absolute Gasteiger partial charge is 0.332 e. The molecule has 8 heteroatoms. The van der Waals surface area contributed by atoms with Crippen LogP contribution in [0.1, 0.15) is 44.6 Å². The molecule has 0 fully saturated rings. The van der Waals surface area contributed by atoms with Gasteiger partial charge in [0.2, 0.25) is 0 Å². The van der Waals surface area contributed by atoms with Crippen molar-refractivity contribution in [2.24, 2.45) is 7.05 Å². The van der Waals surface area contributed by atoms with Crippen LogP contribution < -0.4 is 20.7 Å². The molecule has 0 amide bonds. The molecule has 30 heavy (non-hydrogen) atoms. The highest BCUT2D eigenvalue weighted by Crippen LogP contribution is 2.28. The van der Waals surface area contributed by atoms with Crippen LogP contribution in [0.2, 0.25) is 0 Å². The highest BCUT2D eigenvalue weighted by atomic mass is 16.5. The summed E-state index contributed by atoms with van der Waals surface area (Å²) in [6.07, 6.45) is 4.46. The molecule has 0 unspecified atom stereocenters. The molecule has 0 saturated carbocycles. The molecule has 3 aromatic rings. The summed E-state index contributed by atoms with van der Waals surface area (Å²) in [5.74, 6) is 1.86. The van der Waals surface area contributed by atoms with E-state index in [4.69, 9.17) is 9.47 Å². The SMILES string of the molecule is CCCn1c(=O)n(C(C)C)c(=O)c2c1nc(C=Cc1ccc(OC)c(OC)c1)n2C. The standard InChI is InChI=1S/C22H28N4O4/c1-7-12-25-20-19(21(27)26(14(2)3)22(25)28)24(4)18(23-20)11-9-15-8-10-16(29-5)17(13-15)30-6/h8-11,13-14H,7,12H2,1-6H3. The molecule has 0 spiro atoms. The Kier molecular flexibility index (Phi) is 6.14. The van der Waals surface area contributed by atoms with Gasteiger partial charge in [-0.2, -0.15) is 0 Å². The number of hydrogen-bond acceptors (Lipinski definition) is 5. The molecule has 2 heterocycles. The first kappa shape index (κ1) is 21.4. The fraction of sp³-hybridized carbons (Fsp3) is 0.409. The Bertz CT molecular complexity index is 1210. The fourth-order valence-corrected chi connectivity index (χ4v) is 3.51. The van der Waals surface area contributed by atoms with Crippen molar-refractivity contribution in [1.29, 1.82) is 0 Å². The first-order chi connectivity index (χ1) is 14.3. The van der Waals surface area contributed by atoms with E-state index in [1.165, 1.54) is 4.57 Å². The first-order valence-electron chi connectivity index (χ1n) is 9.95. The minimum atomic E-state index is -0.321. The van der Waals surface area contributed by atoms with E-state index in [0.29, 0.717) is 35.0 Å². The topological polar surface area (TPSA) is 80.3 Å². The van der Waals surface area contributed by atoms with Crippen LogP contribution in [0.25, 0.3) is 23.3 Å². The molecule has 1 aromatic carbocycles. The summed E-state index contributed by atoms with van der Waals surface area (Å²) in [5.41, 5.74) is 1.09. The Balaban J connectivity index is 2.17. The molecule has 0 N–H and O–H groups in total. The van der Waals surface area contributed by atoms with Crippen LogP contribution in [0.15, 0.2) is 27.8 Å². The highest BCUT2D eigenvalue weighted by molar-refractivity contribution is 5.77. The van der Waals surface area contributed by atoms with E-state index in [-0.39, 0.29) is 17.3 Å². The van der Waals surface area contributed by atoms with Gasteiger partial charge >= 0.3 is 5.69 Å². The number of rotatable bonds is 7. The van der Waals surface area contributed by atoms with Crippen LogP contribution in [0.4, 0.5) is 0 Å². The second-order valence-corrected chi connectivity index (χ2v) is 7.35. The second kappa shape index (κ2) is 8.61. The molecule has 0 radical (unpaired) electrons. The minimum absolute atomic E-state index is 0.238. The summed E-state index contributed by atoms with van der Waals surface area (Å²) in [6, 6.07) is 5.35. The van der Waals surface area contributed by atoms with Crippen molar-refractivity contribution in [2.45, 2.75) is 39.8 Å². The van der Waals surface area contributed by atoms with E-state index in [1.807, 2.05) is 51.1 Å². The van der Waals surface area contributed by atoms with Gasteiger partial charge in [0.05, 0.1) is 14.2 Å². The molecule has 0 atom stereocenters. The molecule has 2 aromatic heterocycles. The zero-order chi connectivity index (χ0) is 22.0. The van der Waals surface area contributed by atoms with Crippen molar-refractivity contribution in [3.63, 3.8) is 0 Å². The van der Waals surface area contributed by atoms with E-state index in [2.05, 4.69) is 4.98 Å². The summed E-state index contributed by atoms with van der Waals surface area (Å²) in [7, 11) is 4.96. The summed E-state index contributed by atoms with van der Waals surface area (Å²) < 4.78 is 15.2. The number of hydrogen-bond donors (Lipinski definition) is 0. The number of fused-ring (bicyclic) bond motifs is 1. The third-order valence-corrected chi connectivity index (χ3v) is 5.02. The largest absolute Gasteiger partial charge is 0.493 e. The Morgan fingerprint density at radius 2 is 1.80 bits per heavy atom. The summed E-state index contributed by atoms with van der Waals surface area (Å²) in [4.78, 5) is 30.6. The van der Waals surface area contributed by atoms with Gasteiger partial charge in [-0.3, -0.25) is 13.9 Å². The average molecular weight is 412 g/mol. The number of aryl methyl sites for hydroxylation is 2. The molecule has 0 aliphatic heterocycles. The maximum Gasteiger partial charge on any atom is 0.332 e. The van der Waals surface area contributed by atoms with Crippen molar-refractivity contribution in [2.75, 3.05) is 14.2 Å². The van der Waals surface area contributed by atoms with Crippen molar-refractivity contribution in [1.82, 2.24) is 18.7 Å². The first-order valence-corrected chi connectivity index (χ1v) is 9.95. The number of aromatic nitrogens is 4. The maximum atomic E-state index is 13.0. The van der Waals surface area contributed by atoms with Gasteiger partial charge in [0.15, 0.2) is 22.7 Å². The molecular weight excluding hydrogens is 384 g/mol. The number of methoxy groups -OCH3 is 2. The van der Waals surface area contributed by atoms with Gasteiger partial charge in [0.1, 0.15) is 5.82 Å². The predicted molar refractivity (Wildman–Crippen MR) is 118 cm³/mol. The van der Waals surface area contributed by atoms with Gasteiger partial charge in [0, 0.05) is 19.6 Å². The van der Waals surface area contributed by atoms with E-state index in [9.17, 15) is 9.59 Å². The van der Waals surface area contributed by atoms with Crippen LogP contribution in [0.5, 0.6) is 11.5 Å². The number of nitrogens with zero attached hydrogens (tertiary/aromatic N) is 4. The maximum absolute atomic E-state index is 13.0. The van der Waals surface area contributed by atoms with E-state index >= 15 is 0 Å². The lowest BCUT2D eigenvalue weighted by molar-refractivity contribution is 0.355. The van der Waals surface area contributed by atoms with Gasteiger partial charge in [-0.25, -0.2) is 9.78 Å². The number of ether oxygens (including phenoxy) is 2. The lowest BCUT2D eigenvalue weighted by atomic mass is 10.2. The van der Waals surface area contributed by atoms with Gasteiger partial charge in [-0.1, -0.05) is 19.1 Å². The lowest BCUT2D eigenvalue weighted by Gasteiger charge is -2.13. The van der Waals surface area contributed by atoms with Gasteiger partial charge in [-0.05, 0) is 44.0 Å². The van der Waals surface area contributed by atoms with Crippen LogP contribution in [-0.4, -0.2) is 32.9 Å². The zero-order valence-corrected chi connectivity index (χ0v) is 18.3. The normalized spacial score (nSPS) is 11.7. The summed E-state index contributed by atoms with van der Waals surface area (Å²) >= 11 is 0. The second-order valence-electron chi connectivity index (χ2n) is 7.35. The number of imidazole rings is 1. The zero-order valence-electron chi connectivity index (χ0n) is 18.3. The summed E-state index contributed by atoms with van der Waals surface area (Å²) in [6.45, 7) is 6.15. The van der Waals surface area contributed by atoms with Crippen molar-refractivity contribution >= 4 is 23.3 Å². The van der Waals surface area contributed by atoms with Gasteiger partial charge in [-0.15, -0.1) is 0 Å². The van der Waals surface area contributed by atoms with E-state index < -0.39 is 0 Å². The average Bonchev–Trinajstić information content (AvgIpc) is 3.05. The van der Waals surface area contributed by atoms with E-state index in [1.54, 1.807) is 30.4 Å². The molecule has 0 saturated heterocycles. The molecule has 0 aliphatic rings. The highest BCUT2D eigenvalue weighted by Gasteiger charge is 2.20. The predicted octanol–water partition coefficient (Wildman–Crippen LogP) is 3.08. The Morgan fingerprint density at radius 3 is 2.40 bits per heavy atom. The quantitative estimate of drug-likeness (QED) is 0.596. The summed E-state index contributed by atoms with van der Waals surface area (Å²) in [5, 5.41) is 0. The van der Waals surface area contributed by atoms with Crippen molar-refractivity contribution in [3.8, 4) is 11.5 Å². The lowest BCUT2D eigenvalue weighted by Crippen LogP contribution is -2.41. The van der Waals surface area contributed by atoms with Gasteiger partial charge in [0.25, 0.3) is 5.56 Å².